The quantitative estimate of drug-likeness (QED) is 0.686. The fraction of sp³-hybridized carbons (Fsp3) is 0.333. The number of hydrogen-bond acceptors (Lipinski definition) is 3. The Morgan fingerprint density at radius 2 is 2.17 bits per heavy atom. The van der Waals surface area contributed by atoms with Crippen LogP contribution in [0.2, 0.25) is 0 Å². The van der Waals surface area contributed by atoms with Gasteiger partial charge in [0, 0.05) is 11.8 Å². The summed E-state index contributed by atoms with van der Waals surface area (Å²) >= 11 is 0. The van der Waals surface area contributed by atoms with Crippen LogP contribution in [0, 0.1) is 6.92 Å². The third kappa shape index (κ3) is 2.05. The van der Waals surface area contributed by atoms with Crippen molar-refractivity contribution in [2.45, 2.75) is 20.8 Å². The Morgan fingerprint density at radius 3 is 2.67 bits per heavy atom. The molecule has 1 aromatic rings. The Bertz CT molecular complexity index is 312. The normalized spacial score (nSPS) is 9.58. The maximum Gasteiger partial charge on any atom is 0.134 e. The van der Waals surface area contributed by atoms with Gasteiger partial charge >= 0.3 is 0 Å². The number of aromatic nitrogens is 2. The van der Waals surface area contributed by atoms with E-state index in [0.717, 1.165) is 5.56 Å². The van der Waals surface area contributed by atoms with Crippen molar-refractivity contribution in [3.05, 3.63) is 23.2 Å². The third-order valence-electron chi connectivity index (χ3n) is 1.41. The van der Waals surface area contributed by atoms with E-state index in [0.29, 0.717) is 11.6 Å². The molecule has 0 spiro atoms. The molecule has 3 heteroatoms. The minimum Gasteiger partial charge on any atom is -0.383 e. The smallest absolute Gasteiger partial charge is 0.134 e. The van der Waals surface area contributed by atoms with Crippen LogP contribution in [0.3, 0.4) is 0 Å². The number of aryl methyl sites for hydroxylation is 1. The molecular formula is C9H13N3. The summed E-state index contributed by atoms with van der Waals surface area (Å²) in [5.41, 5.74) is 7.75. The predicted octanol–water partition coefficient (Wildman–Crippen LogP) is 1.79. The van der Waals surface area contributed by atoms with Gasteiger partial charge in [0.2, 0.25) is 0 Å². The van der Waals surface area contributed by atoms with E-state index in [2.05, 4.69) is 9.97 Å². The monoisotopic (exact) mass is 163 g/mol. The molecule has 0 saturated heterocycles. The fourth-order valence-electron chi connectivity index (χ4n) is 0.919. The van der Waals surface area contributed by atoms with E-state index in [-0.39, 0.29) is 0 Å². The van der Waals surface area contributed by atoms with Crippen molar-refractivity contribution in [1.82, 2.24) is 9.97 Å². The molecule has 0 aliphatic carbocycles. The molecule has 0 radical (unpaired) electrons. The first-order valence-electron chi connectivity index (χ1n) is 3.83. The van der Waals surface area contributed by atoms with Crippen LogP contribution in [0.15, 0.2) is 11.8 Å². The molecule has 0 fully saturated rings. The Hall–Kier alpha value is -1.38. The Morgan fingerprint density at radius 1 is 1.50 bits per heavy atom. The van der Waals surface area contributed by atoms with Crippen molar-refractivity contribution in [1.29, 1.82) is 0 Å². The van der Waals surface area contributed by atoms with Gasteiger partial charge < -0.3 is 5.73 Å². The van der Waals surface area contributed by atoms with E-state index in [1.165, 1.54) is 5.57 Å². The molecule has 3 nitrogen and oxygen atoms in total. The van der Waals surface area contributed by atoms with Gasteiger partial charge in [0.15, 0.2) is 0 Å². The molecule has 1 heterocycles. The first kappa shape index (κ1) is 8.71. The SMILES string of the molecule is CC(C)=Cc1cnc(C)nc1N. The van der Waals surface area contributed by atoms with Crippen molar-refractivity contribution in [3.8, 4) is 0 Å². The van der Waals surface area contributed by atoms with Crippen LogP contribution >= 0.6 is 0 Å². The standard InChI is InChI=1S/C9H13N3/c1-6(2)4-8-5-11-7(3)12-9(8)10/h4-5H,1-3H3,(H2,10,11,12). The van der Waals surface area contributed by atoms with E-state index in [4.69, 9.17) is 5.73 Å². The largest absolute Gasteiger partial charge is 0.383 e. The van der Waals surface area contributed by atoms with Crippen LogP contribution < -0.4 is 5.73 Å². The van der Waals surface area contributed by atoms with Gasteiger partial charge in [-0.1, -0.05) is 11.6 Å². The van der Waals surface area contributed by atoms with Gasteiger partial charge in [0.25, 0.3) is 0 Å². The number of nitrogens with zero attached hydrogens (tertiary/aromatic N) is 2. The summed E-state index contributed by atoms with van der Waals surface area (Å²) in [7, 11) is 0. The van der Waals surface area contributed by atoms with Crippen molar-refractivity contribution in [3.63, 3.8) is 0 Å². The van der Waals surface area contributed by atoms with Crippen molar-refractivity contribution in [2.75, 3.05) is 5.73 Å². The molecule has 12 heavy (non-hydrogen) atoms. The number of nitrogen functional groups attached to an aromatic ring is 1. The molecule has 0 saturated carbocycles. The minimum atomic E-state index is 0.545. The molecule has 0 aliphatic heterocycles. The lowest BCUT2D eigenvalue weighted by molar-refractivity contribution is 1.06. The minimum absolute atomic E-state index is 0.545. The molecule has 2 N–H and O–H groups in total. The highest BCUT2D eigenvalue weighted by atomic mass is 14.9. The Labute approximate surface area is 72.3 Å². The summed E-state index contributed by atoms with van der Waals surface area (Å²) in [6, 6.07) is 0. The van der Waals surface area contributed by atoms with Crippen molar-refractivity contribution < 1.29 is 0 Å². The molecule has 1 aromatic heterocycles. The zero-order chi connectivity index (χ0) is 9.14. The average molecular weight is 163 g/mol. The lowest BCUT2D eigenvalue weighted by atomic mass is 10.2. The molecule has 0 bridgehead atoms. The number of anilines is 1. The second-order valence-electron chi connectivity index (χ2n) is 2.98. The van der Waals surface area contributed by atoms with E-state index >= 15 is 0 Å². The highest BCUT2D eigenvalue weighted by Gasteiger charge is 1.97. The molecule has 0 unspecified atom stereocenters. The van der Waals surface area contributed by atoms with Gasteiger partial charge in [0.1, 0.15) is 11.6 Å². The van der Waals surface area contributed by atoms with Crippen molar-refractivity contribution in [2.24, 2.45) is 0 Å². The zero-order valence-electron chi connectivity index (χ0n) is 7.63. The maximum absolute atomic E-state index is 5.67. The van der Waals surface area contributed by atoms with Gasteiger partial charge in [-0.25, -0.2) is 9.97 Å². The summed E-state index contributed by atoms with van der Waals surface area (Å²) in [6.07, 6.45) is 3.71. The summed E-state index contributed by atoms with van der Waals surface area (Å²) in [5.74, 6) is 1.25. The van der Waals surface area contributed by atoms with Crippen LogP contribution in [0.4, 0.5) is 5.82 Å². The molecule has 0 amide bonds. The maximum atomic E-state index is 5.67. The molecule has 1 rings (SSSR count). The average Bonchev–Trinajstić information content (AvgIpc) is 1.94. The molecule has 0 aromatic carbocycles. The summed E-state index contributed by atoms with van der Waals surface area (Å²) in [4.78, 5) is 8.11. The number of allylic oxidation sites excluding steroid dienone is 1. The fourth-order valence-corrected chi connectivity index (χ4v) is 0.919. The van der Waals surface area contributed by atoms with Crippen LogP contribution in [0.25, 0.3) is 6.08 Å². The van der Waals surface area contributed by atoms with Gasteiger partial charge in [-0.05, 0) is 20.8 Å². The van der Waals surface area contributed by atoms with E-state index in [1.54, 1.807) is 6.20 Å². The van der Waals surface area contributed by atoms with Crippen LogP contribution in [-0.4, -0.2) is 9.97 Å². The lowest BCUT2D eigenvalue weighted by Crippen LogP contribution is -1.97. The highest BCUT2D eigenvalue weighted by Crippen LogP contribution is 2.11. The second kappa shape index (κ2) is 3.34. The Kier molecular flexibility index (Phi) is 2.43. The van der Waals surface area contributed by atoms with Crippen LogP contribution in [0.1, 0.15) is 25.2 Å². The van der Waals surface area contributed by atoms with Gasteiger partial charge in [-0.3, -0.25) is 0 Å². The van der Waals surface area contributed by atoms with Crippen LogP contribution in [0.5, 0.6) is 0 Å². The lowest BCUT2D eigenvalue weighted by Gasteiger charge is -1.99. The van der Waals surface area contributed by atoms with Crippen molar-refractivity contribution >= 4 is 11.9 Å². The zero-order valence-corrected chi connectivity index (χ0v) is 7.63. The van der Waals surface area contributed by atoms with E-state index in [1.807, 2.05) is 26.8 Å². The summed E-state index contributed by atoms with van der Waals surface area (Å²) < 4.78 is 0. The predicted molar refractivity (Wildman–Crippen MR) is 50.5 cm³/mol. The molecule has 64 valence electrons. The molecule has 0 aliphatic rings. The first-order valence-corrected chi connectivity index (χ1v) is 3.83. The number of hydrogen-bond donors (Lipinski definition) is 1. The highest BCUT2D eigenvalue weighted by molar-refractivity contribution is 5.61. The van der Waals surface area contributed by atoms with Gasteiger partial charge in [-0.2, -0.15) is 0 Å². The first-order chi connectivity index (χ1) is 5.59. The summed E-state index contributed by atoms with van der Waals surface area (Å²) in [5, 5.41) is 0. The Balaban J connectivity index is 3.10. The summed E-state index contributed by atoms with van der Waals surface area (Å²) in [6.45, 7) is 5.85. The second-order valence-corrected chi connectivity index (χ2v) is 2.98. The van der Waals surface area contributed by atoms with Crippen LogP contribution in [-0.2, 0) is 0 Å². The molecule has 0 atom stereocenters. The molecular weight excluding hydrogens is 150 g/mol. The number of rotatable bonds is 1. The van der Waals surface area contributed by atoms with Gasteiger partial charge in [-0.15, -0.1) is 0 Å². The van der Waals surface area contributed by atoms with E-state index < -0.39 is 0 Å². The van der Waals surface area contributed by atoms with E-state index in [9.17, 15) is 0 Å². The topological polar surface area (TPSA) is 51.8 Å². The van der Waals surface area contributed by atoms with Gasteiger partial charge in [0.05, 0.1) is 0 Å². The third-order valence-corrected chi connectivity index (χ3v) is 1.41. The number of nitrogens with two attached hydrogens (primary N) is 1.